The molecule has 13 aromatic rings. The lowest BCUT2D eigenvalue weighted by atomic mass is 9.91. The molecule has 0 spiro atoms. The summed E-state index contributed by atoms with van der Waals surface area (Å²) < 4.78 is 8.92. The monoisotopic (exact) mass is 806 g/mol. The smallest absolute Gasteiger partial charge is 0.160 e. The van der Waals surface area contributed by atoms with Gasteiger partial charge in [0.2, 0.25) is 0 Å². The van der Waals surface area contributed by atoms with Crippen molar-refractivity contribution in [2.75, 3.05) is 0 Å². The molecule has 0 aliphatic heterocycles. The summed E-state index contributed by atoms with van der Waals surface area (Å²) in [6, 6.07) is 73.8. The molecule has 0 amide bonds. The minimum absolute atomic E-state index is 0.724. The molecule has 10 aromatic carbocycles. The van der Waals surface area contributed by atoms with Gasteiger partial charge in [-0.3, -0.25) is 0 Å². The first kappa shape index (κ1) is 34.9. The fourth-order valence-corrected chi connectivity index (χ4v) is 10.7. The molecule has 3 aromatic heterocycles. The number of hydrogen-bond donors (Lipinski definition) is 0. The standard InChI is InChI=1S/C58H34N2OS/c1-3-13-35(14-4-1)37-17-11-18-41(31-37)55-57-56(60-58(59-55)36-15-5-2-6-16-36)49-30-26-39(34-53(49)62-57)38-25-29-48-52(33-38)61-51-24-12-23-42(54(48)51)40-27-28-47-45-21-8-7-19-43(45)44-20-9-10-22-46(44)50(47)32-40/h1-34H. The topological polar surface area (TPSA) is 38.9 Å². The second-order valence-electron chi connectivity index (χ2n) is 16.0. The molecular weight excluding hydrogens is 773 g/mol. The molecule has 0 saturated carbocycles. The Morgan fingerprint density at radius 3 is 1.66 bits per heavy atom. The van der Waals surface area contributed by atoms with Crippen molar-refractivity contribution in [1.82, 2.24) is 9.97 Å². The number of thiophene rings is 1. The second kappa shape index (κ2) is 13.8. The molecule has 62 heavy (non-hydrogen) atoms. The van der Waals surface area contributed by atoms with Crippen molar-refractivity contribution in [2.45, 2.75) is 0 Å². The van der Waals surface area contributed by atoms with Crippen LogP contribution in [0.5, 0.6) is 0 Å². The van der Waals surface area contributed by atoms with E-state index in [9.17, 15) is 0 Å². The van der Waals surface area contributed by atoms with E-state index >= 15 is 0 Å². The highest BCUT2D eigenvalue weighted by atomic mass is 32.1. The number of aromatic nitrogens is 2. The van der Waals surface area contributed by atoms with E-state index in [-0.39, 0.29) is 0 Å². The second-order valence-corrected chi connectivity index (χ2v) is 17.1. The van der Waals surface area contributed by atoms with Crippen LogP contribution in [0.1, 0.15) is 0 Å². The van der Waals surface area contributed by atoms with E-state index in [4.69, 9.17) is 14.4 Å². The van der Waals surface area contributed by atoms with Gasteiger partial charge >= 0.3 is 0 Å². The number of furan rings is 1. The molecule has 0 bridgehead atoms. The molecule has 0 radical (unpaired) electrons. The Balaban J connectivity index is 0.934. The lowest BCUT2D eigenvalue weighted by Gasteiger charge is -2.12. The van der Waals surface area contributed by atoms with Gasteiger partial charge in [0.15, 0.2) is 5.82 Å². The summed E-state index contributed by atoms with van der Waals surface area (Å²) in [5, 5.41) is 11.0. The van der Waals surface area contributed by atoms with Crippen LogP contribution in [-0.2, 0) is 0 Å². The van der Waals surface area contributed by atoms with E-state index < -0.39 is 0 Å². The average molecular weight is 807 g/mol. The van der Waals surface area contributed by atoms with E-state index in [0.717, 1.165) is 76.9 Å². The Morgan fingerprint density at radius 2 is 0.903 bits per heavy atom. The van der Waals surface area contributed by atoms with Gasteiger partial charge in [-0.15, -0.1) is 11.3 Å². The molecule has 0 aliphatic carbocycles. The van der Waals surface area contributed by atoms with Crippen LogP contribution in [0.3, 0.4) is 0 Å². The van der Waals surface area contributed by atoms with Gasteiger partial charge in [-0.25, -0.2) is 9.97 Å². The predicted molar refractivity (Wildman–Crippen MR) is 262 cm³/mol. The normalized spacial score (nSPS) is 11.9. The highest BCUT2D eigenvalue weighted by molar-refractivity contribution is 7.26. The first-order valence-corrected chi connectivity index (χ1v) is 21.8. The van der Waals surface area contributed by atoms with E-state index in [1.165, 1.54) is 53.7 Å². The third-order valence-corrected chi connectivity index (χ3v) is 13.6. The van der Waals surface area contributed by atoms with Gasteiger partial charge in [0.05, 0.1) is 15.9 Å². The van der Waals surface area contributed by atoms with Gasteiger partial charge in [0, 0.05) is 32.0 Å². The number of rotatable bonds is 5. The Kier molecular flexibility index (Phi) is 7.78. The van der Waals surface area contributed by atoms with Crippen LogP contribution in [0.15, 0.2) is 211 Å². The van der Waals surface area contributed by atoms with Crippen LogP contribution >= 0.6 is 11.3 Å². The van der Waals surface area contributed by atoms with Crippen LogP contribution in [-0.4, -0.2) is 9.97 Å². The molecule has 0 N–H and O–H groups in total. The van der Waals surface area contributed by atoms with Crippen molar-refractivity contribution < 1.29 is 4.42 Å². The maximum atomic E-state index is 6.67. The third-order valence-electron chi connectivity index (χ3n) is 12.5. The quantitative estimate of drug-likeness (QED) is 0.163. The minimum atomic E-state index is 0.724. The summed E-state index contributed by atoms with van der Waals surface area (Å²) in [4.78, 5) is 10.5. The van der Waals surface area contributed by atoms with Crippen LogP contribution in [0.2, 0.25) is 0 Å². The van der Waals surface area contributed by atoms with Crippen molar-refractivity contribution in [3.8, 4) is 56.0 Å². The number of hydrogen-bond acceptors (Lipinski definition) is 4. The highest BCUT2D eigenvalue weighted by Crippen LogP contribution is 2.44. The molecule has 0 fully saturated rings. The van der Waals surface area contributed by atoms with Gasteiger partial charge in [0.25, 0.3) is 0 Å². The summed E-state index contributed by atoms with van der Waals surface area (Å²) in [6.45, 7) is 0. The summed E-state index contributed by atoms with van der Waals surface area (Å²) >= 11 is 1.76. The van der Waals surface area contributed by atoms with Crippen molar-refractivity contribution in [3.05, 3.63) is 206 Å². The van der Waals surface area contributed by atoms with Gasteiger partial charge in [0.1, 0.15) is 11.2 Å². The zero-order valence-electron chi connectivity index (χ0n) is 33.3. The fourth-order valence-electron chi connectivity index (χ4n) is 9.53. The average Bonchev–Trinajstić information content (AvgIpc) is 3.92. The molecule has 0 unspecified atom stereocenters. The van der Waals surface area contributed by atoms with Crippen molar-refractivity contribution in [1.29, 1.82) is 0 Å². The van der Waals surface area contributed by atoms with Crippen LogP contribution in [0, 0.1) is 0 Å². The van der Waals surface area contributed by atoms with E-state index in [1.807, 2.05) is 18.2 Å². The Hall–Kier alpha value is -7.92. The first-order chi connectivity index (χ1) is 30.7. The highest BCUT2D eigenvalue weighted by Gasteiger charge is 2.19. The first-order valence-electron chi connectivity index (χ1n) is 21.0. The van der Waals surface area contributed by atoms with Crippen LogP contribution < -0.4 is 0 Å². The van der Waals surface area contributed by atoms with Crippen molar-refractivity contribution >= 4 is 85.9 Å². The Morgan fingerprint density at radius 1 is 0.339 bits per heavy atom. The zero-order chi connectivity index (χ0) is 40.7. The van der Waals surface area contributed by atoms with Gasteiger partial charge < -0.3 is 4.42 Å². The van der Waals surface area contributed by atoms with Crippen molar-refractivity contribution in [3.63, 3.8) is 0 Å². The third kappa shape index (κ3) is 5.51. The molecule has 4 heteroatoms. The van der Waals surface area contributed by atoms with Gasteiger partial charge in [-0.2, -0.15) is 0 Å². The summed E-state index contributed by atoms with van der Waals surface area (Å²) in [6.07, 6.45) is 0. The SMILES string of the molecule is c1ccc(-c2cccc(-c3nc(-c4ccccc4)nc4c3sc3cc(-c5ccc6c(c5)oc5cccc(-c7ccc8c9ccccc9c9ccccc9c8c7)c56)ccc34)c2)cc1. The predicted octanol–water partition coefficient (Wildman–Crippen LogP) is 16.5. The molecule has 0 aliphatic rings. The number of nitrogens with zero attached hydrogens (tertiary/aromatic N) is 2. The van der Waals surface area contributed by atoms with Crippen LogP contribution in [0.25, 0.3) is 131 Å². The lowest BCUT2D eigenvalue weighted by Crippen LogP contribution is -1.93. The Bertz CT molecular complexity index is 3890. The minimum Gasteiger partial charge on any atom is -0.456 e. The maximum Gasteiger partial charge on any atom is 0.160 e. The largest absolute Gasteiger partial charge is 0.456 e. The van der Waals surface area contributed by atoms with E-state index in [2.05, 4.69) is 188 Å². The number of benzene rings is 10. The van der Waals surface area contributed by atoms with Crippen LogP contribution in [0.4, 0.5) is 0 Å². The van der Waals surface area contributed by atoms with Gasteiger partial charge in [-0.05, 0) is 102 Å². The summed E-state index contributed by atoms with van der Waals surface area (Å²) in [5.74, 6) is 0.724. The molecule has 0 saturated heterocycles. The van der Waals surface area contributed by atoms with Gasteiger partial charge in [-0.1, -0.05) is 170 Å². The maximum absolute atomic E-state index is 6.67. The lowest BCUT2D eigenvalue weighted by molar-refractivity contribution is 0.669. The van der Waals surface area contributed by atoms with E-state index in [1.54, 1.807) is 11.3 Å². The molecule has 0 atom stereocenters. The Labute approximate surface area is 360 Å². The molecular formula is C58H34N2OS. The molecule has 288 valence electrons. The number of fused-ring (bicyclic) bond motifs is 12. The zero-order valence-corrected chi connectivity index (χ0v) is 34.2. The van der Waals surface area contributed by atoms with Crippen molar-refractivity contribution in [2.24, 2.45) is 0 Å². The fraction of sp³-hybridized carbons (Fsp3) is 0. The van der Waals surface area contributed by atoms with E-state index in [0.29, 0.717) is 0 Å². The summed E-state index contributed by atoms with van der Waals surface area (Å²) in [7, 11) is 0. The molecule has 13 rings (SSSR count). The molecule has 3 heterocycles. The summed E-state index contributed by atoms with van der Waals surface area (Å²) in [5.41, 5.74) is 12.7. The molecule has 3 nitrogen and oxygen atoms in total.